The van der Waals surface area contributed by atoms with Gasteiger partial charge in [0.25, 0.3) is 0 Å². The molecular weight excluding hydrogens is 154 g/mol. The van der Waals surface area contributed by atoms with Crippen LogP contribution in [0.2, 0.25) is 0 Å². The van der Waals surface area contributed by atoms with Crippen molar-refractivity contribution < 1.29 is 9.90 Å². The molecule has 0 aliphatic carbocycles. The Morgan fingerprint density at radius 3 is 2.00 bits per heavy atom. The first kappa shape index (κ1) is 12.0. The van der Waals surface area contributed by atoms with Crippen LogP contribution in [0.3, 0.4) is 0 Å². The maximum atomic E-state index is 10.0. The molecule has 0 unspecified atom stereocenters. The van der Waals surface area contributed by atoms with Crippen molar-refractivity contribution in [2.24, 2.45) is 0 Å². The van der Waals surface area contributed by atoms with Crippen molar-refractivity contribution in [3.63, 3.8) is 0 Å². The van der Waals surface area contributed by atoms with Gasteiger partial charge in [0.15, 0.2) is 0 Å². The first-order valence-corrected chi connectivity index (χ1v) is 2.62. The van der Waals surface area contributed by atoms with E-state index >= 15 is 0 Å². The maximum Gasteiger partial charge on any atom is 0.330 e. The van der Waals surface area contributed by atoms with Crippen LogP contribution in [0.5, 0.6) is 0 Å². The van der Waals surface area contributed by atoms with Crippen LogP contribution >= 0.6 is 12.4 Å². The van der Waals surface area contributed by atoms with E-state index in [2.05, 4.69) is 0 Å². The lowest BCUT2D eigenvalue weighted by molar-refractivity contribution is -0.131. The predicted octanol–water partition coefficient (Wildman–Crippen LogP) is 0.958. The Morgan fingerprint density at radius 1 is 1.50 bits per heavy atom. The van der Waals surface area contributed by atoms with E-state index in [4.69, 9.17) is 5.11 Å². The number of allylic oxidation sites excluding steroid dienone is 1. The van der Waals surface area contributed by atoms with Gasteiger partial charge in [-0.1, -0.05) is 0 Å². The summed E-state index contributed by atoms with van der Waals surface area (Å²) in [4.78, 5) is 11.8. The quantitative estimate of drug-likeness (QED) is 0.620. The first-order valence-electron chi connectivity index (χ1n) is 2.62. The largest absolute Gasteiger partial charge is 0.478 e. The van der Waals surface area contributed by atoms with Gasteiger partial charge in [0.2, 0.25) is 0 Å². The molecule has 0 radical (unpaired) electrons. The van der Waals surface area contributed by atoms with E-state index in [-0.39, 0.29) is 12.4 Å². The smallest absolute Gasteiger partial charge is 0.330 e. The summed E-state index contributed by atoms with van der Waals surface area (Å²) in [5, 5.41) is 8.23. The summed E-state index contributed by atoms with van der Waals surface area (Å²) in [6.45, 7) is 1.74. The highest BCUT2D eigenvalue weighted by molar-refractivity contribution is 5.85. The van der Waals surface area contributed by atoms with Gasteiger partial charge in [0.1, 0.15) is 0 Å². The second kappa shape index (κ2) is 5.11. The number of rotatable bonds is 2. The summed E-state index contributed by atoms with van der Waals surface area (Å²) in [5.41, 5.74) is 0.738. The molecule has 0 saturated carbocycles. The van der Waals surface area contributed by atoms with Crippen molar-refractivity contribution >= 4 is 18.4 Å². The molecule has 0 rings (SSSR count). The van der Waals surface area contributed by atoms with Gasteiger partial charge in [0, 0.05) is 25.9 Å². The number of aliphatic carboxylic acids is 1. The number of carboxylic acids is 1. The Kier molecular flexibility index (Phi) is 6.15. The highest BCUT2D eigenvalue weighted by Gasteiger charge is 1.93. The molecule has 0 atom stereocenters. The van der Waals surface area contributed by atoms with Crippen molar-refractivity contribution in [3.05, 3.63) is 11.8 Å². The van der Waals surface area contributed by atoms with Gasteiger partial charge >= 0.3 is 5.97 Å². The Morgan fingerprint density at radius 2 is 1.90 bits per heavy atom. The average molecular weight is 166 g/mol. The molecule has 0 fully saturated rings. The molecule has 0 heterocycles. The summed E-state index contributed by atoms with van der Waals surface area (Å²) in [6, 6.07) is 0. The van der Waals surface area contributed by atoms with Gasteiger partial charge in [-0.05, 0) is 6.92 Å². The molecule has 60 valence electrons. The predicted molar refractivity (Wildman–Crippen MR) is 42.3 cm³/mol. The Balaban J connectivity index is 0. The molecule has 0 aliphatic rings. The number of hydrogen-bond donors (Lipinski definition) is 1. The Bertz CT molecular complexity index is 143. The molecule has 0 aliphatic heterocycles. The molecule has 10 heavy (non-hydrogen) atoms. The minimum Gasteiger partial charge on any atom is -0.478 e. The number of nitrogens with zero attached hydrogens (tertiary/aromatic N) is 1. The Labute approximate surface area is 66.7 Å². The third-order valence-electron chi connectivity index (χ3n) is 1.04. The van der Waals surface area contributed by atoms with E-state index in [9.17, 15) is 4.79 Å². The van der Waals surface area contributed by atoms with Gasteiger partial charge < -0.3 is 10.0 Å². The van der Waals surface area contributed by atoms with Crippen molar-refractivity contribution in [3.8, 4) is 0 Å². The Hall–Kier alpha value is -0.700. The molecule has 4 heteroatoms. The number of halogens is 1. The lowest BCUT2D eigenvalue weighted by Crippen LogP contribution is -2.09. The summed E-state index contributed by atoms with van der Waals surface area (Å²) in [6.07, 6.45) is 1.17. The molecule has 3 nitrogen and oxygen atoms in total. The monoisotopic (exact) mass is 165 g/mol. The fourth-order valence-electron chi connectivity index (χ4n) is 0.308. The van der Waals surface area contributed by atoms with Crippen molar-refractivity contribution in [1.29, 1.82) is 0 Å². The molecule has 0 amide bonds. The van der Waals surface area contributed by atoms with E-state index < -0.39 is 5.97 Å². The molecular formula is C6H12ClNO2. The summed E-state index contributed by atoms with van der Waals surface area (Å²) in [7, 11) is 3.60. The zero-order valence-electron chi connectivity index (χ0n) is 6.29. The third-order valence-corrected chi connectivity index (χ3v) is 1.04. The van der Waals surface area contributed by atoms with E-state index in [1.54, 1.807) is 25.9 Å². The average Bonchev–Trinajstić information content (AvgIpc) is 1.63. The van der Waals surface area contributed by atoms with Gasteiger partial charge in [-0.25, -0.2) is 4.79 Å². The van der Waals surface area contributed by atoms with Gasteiger partial charge in [-0.2, -0.15) is 0 Å². The van der Waals surface area contributed by atoms with Gasteiger partial charge in [-0.15, -0.1) is 12.4 Å². The molecule has 0 aromatic carbocycles. The fourth-order valence-corrected chi connectivity index (χ4v) is 0.308. The van der Waals surface area contributed by atoms with Crippen LogP contribution in [0, 0.1) is 0 Å². The number of carbonyl (C=O) groups is 1. The van der Waals surface area contributed by atoms with Crippen LogP contribution < -0.4 is 0 Å². The van der Waals surface area contributed by atoms with Crippen molar-refractivity contribution in [2.45, 2.75) is 6.92 Å². The molecule has 0 aromatic rings. The van der Waals surface area contributed by atoms with Gasteiger partial charge in [0.05, 0.1) is 0 Å². The maximum absolute atomic E-state index is 10.0. The van der Waals surface area contributed by atoms with Crippen molar-refractivity contribution in [1.82, 2.24) is 4.90 Å². The molecule has 0 bridgehead atoms. The van der Waals surface area contributed by atoms with Crippen molar-refractivity contribution in [2.75, 3.05) is 14.1 Å². The zero-order chi connectivity index (χ0) is 7.44. The third kappa shape index (κ3) is 5.44. The first-order chi connectivity index (χ1) is 4.04. The van der Waals surface area contributed by atoms with Crippen LogP contribution in [-0.2, 0) is 4.79 Å². The van der Waals surface area contributed by atoms with Crippen LogP contribution in [0.15, 0.2) is 11.8 Å². The van der Waals surface area contributed by atoms with Crippen LogP contribution in [0.1, 0.15) is 6.92 Å². The minimum absolute atomic E-state index is 0. The van der Waals surface area contributed by atoms with E-state index in [0.717, 1.165) is 5.70 Å². The number of hydrogen-bond acceptors (Lipinski definition) is 2. The molecule has 0 spiro atoms. The second-order valence-electron chi connectivity index (χ2n) is 2.02. The van der Waals surface area contributed by atoms with E-state index in [0.29, 0.717) is 0 Å². The SMILES string of the molecule is C/C(=C/C(=O)O)N(C)C.Cl. The highest BCUT2D eigenvalue weighted by Crippen LogP contribution is 1.93. The standard InChI is InChI=1S/C6H11NO2.ClH/c1-5(7(2)3)4-6(8)9;/h4H,1-3H3,(H,8,9);1H/b5-4-;. The molecule has 0 aromatic heterocycles. The molecule has 1 N–H and O–H groups in total. The minimum atomic E-state index is -0.902. The summed E-state index contributed by atoms with van der Waals surface area (Å²) < 4.78 is 0. The highest BCUT2D eigenvalue weighted by atomic mass is 35.5. The fraction of sp³-hybridized carbons (Fsp3) is 0.500. The lowest BCUT2D eigenvalue weighted by Gasteiger charge is -2.10. The van der Waals surface area contributed by atoms with Crippen LogP contribution in [-0.4, -0.2) is 30.1 Å². The van der Waals surface area contributed by atoms with Gasteiger partial charge in [-0.3, -0.25) is 0 Å². The summed E-state index contributed by atoms with van der Waals surface area (Å²) >= 11 is 0. The van der Waals surface area contributed by atoms with Crippen LogP contribution in [0.25, 0.3) is 0 Å². The topological polar surface area (TPSA) is 40.5 Å². The van der Waals surface area contributed by atoms with E-state index in [1.807, 2.05) is 0 Å². The van der Waals surface area contributed by atoms with Crippen LogP contribution in [0.4, 0.5) is 0 Å². The zero-order valence-corrected chi connectivity index (χ0v) is 7.10. The second-order valence-corrected chi connectivity index (χ2v) is 2.02. The molecule has 0 saturated heterocycles. The normalized spacial score (nSPS) is 10.1. The number of carboxylic acid groups (broad SMARTS) is 1. The summed E-state index contributed by atoms with van der Waals surface area (Å²) in [5.74, 6) is -0.902. The van der Waals surface area contributed by atoms with E-state index in [1.165, 1.54) is 6.08 Å². The lowest BCUT2D eigenvalue weighted by atomic mass is 10.4.